The van der Waals surface area contributed by atoms with Crippen molar-refractivity contribution in [3.63, 3.8) is 0 Å². The number of ether oxygens (including phenoxy) is 2. The van der Waals surface area contributed by atoms with Gasteiger partial charge in [0, 0.05) is 11.4 Å². The molecule has 0 aliphatic heterocycles. The predicted octanol–water partition coefficient (Wildman–Crippen LogP) is 5.21. The van der Waals surface area contributed by atoms with Crippen LogP contribution in [0.4, 0.5) is 29.2 Å². The Balaban J connectivity index is 1.54. The van der Waals surface area contributed by atoms with Gasteiger partial charge in [-0.05, 0) is 55.0 Å². The van der Waals surface area contributed by atoms with Crippen LogP contribution in [0.3, 0.4) is 0 Å². The summed E-state index contributed by atoms with van der Waals surface area (Å²) in [6, 6.07) is 24.9. The van der Waals surface area contributed by atoms with Gasteiger partial charge in [0.25, 0.3) is 0 Å². The van der Waals surface area contributed by atoms with Crippen LogP contribution in [0.1, 0.15) is 12.5 Å². The van der Waals surface area contributed by atoms with E-state index in [2.05, 4.69) is 36.1 Å². The maximum absolute atomic E-state index is 5.55. The van der Waals surface area contributed by atoms with Gasteiger partial charge in [0.2, 0.25) is 17.8 Å². The summed E-state index contributed by atoms with van der Waals surface area (Å²) in [7, 11) is 1.60. The molecule has 4 aromatic rings. The third-order valence-corrected chi connectivity index (χ3v) is 4.56. The maximum atomic E-state index is 5.55. The largest absolute Gasteiger partial charge is 0.493 e. The summed E-state index contributed by atoms with van der Waals surface area (Å²) in [5, 5.41) is 10.7. The van der Waals surface area contributed by atoms with Gasteiger partial charge in [0.15, 0.2) is 11.5 Å². The fourth-order valence-electron chi connectivity index (χ4n) is 3.04. The van der Waals surface area contributed by atoms with Crippen molar-refractivity contribution in [1.82, 2.24) is 15.0 Å². The van der Waals surface area contributed by atoms with E-state index < -0.39 is 0 Å². The molecule has 0 unspecified atom stereocenters. The molecule has 3 N–H and O–H groups in total. The van der Waals surface area contributed by atoms with E-state index in [-0.39, 0.29) is 5.95 Å². The molecule has 0 fully saturated rings. The van der Waals surface area contributed by atoms with Crippen LogP contribution in [0.5, 0.6) is 11.5 Å². The molecule has 1 aromatic heterocycles. The number of nitrogens with one attached hydrogen (secondary N) is 3. The van der Waals surface area contributed by atoms with Crippen molar-refractivity contribution < 1.29 is 9.47 Å². The minimum atomic E-state index is 0.279. The summed E-state index contributed by atoms with van der Waals surface area (Å²) < 4.78 is 10.9. The van der Waals surface area contributed by atoms with Gasteiger partial charge in [-0.1, -0.05) is 36.4 Å². The molecule has 9 heteroatoms. The second-order valence-electron chi connectivity index (χ2n) is 7.00. The van der Waals surface area contributed by atoms with Crippen LogP contribution in [0, 0.1) is 0 Å². The Morgan fingerprint density at radius 1 is 0.765 bits per heavy atom. The average Bonchev–Trinajstić information content (AvgIpc) is 2.86. The predicted molar refractivity (Wildman–Crippen MR) is 135 cm³/mol. The third kappa shape index (κ3) is 6.19. The van der Waals surface area contributed by atoms with Crippen LogP contribution < -0.4 is 25.5 Å². The van der Waals surface area contributed by atoms with Crippen LogP contribution in [0.15, 0.2) is 84.0 Å². The second-order valence-corrected chi connectivity index (χ2v) is 7.00. The van der Waals surface area contributed by atoms with Crippen molar-refractivity contribution in [2.24, 2.45) is 5.10 Å². The lowest BCUT2D eigenvalue weighted by molar-refractivity contribution is 0.311. The van der Waals surface area contributed by atoms with Crippen molar-refractivity contribution in [2.45, 2.75) is 6.92 Å². The molecule has 34 heavy (non-hydrogen) atoms. The molecule has 0 spiro atoms. The first-order chi connectivity index (χ1) is 16.7. The lowest BCUT2D eigenvalue weighted by Gasteiger charge is -2.10. The molecule has 0 radical (unpaired) electrons. The highest BCUT2D eigenvalue weighted by molar-refractivity contribution is 5.81. The van der Waals surface area contributed by atoms with Crippen LogP contribution in [-0.4, -0.2) is 34.9 Å². The SMILES string of the molecule is CCOc1ccc(C=NNc2nc(Nc3ccccc3)nc(Nc3ccccc3)n2)cc1OC. The number of nitrogens with zero attached hydrogens (tertiary/aromatic N) is 4. The van der Waals surface area contributed by atoms with E-state index in [1.807, 2.05) is 85.8 Å². The zero-order chi connectivity index (χ0) is 23.6. The van der Waals surface area contributed by atoms with Gasteiger partial charge >= 0.3 is 0 Å². The van der Waals surface area contributed by atoms with Crippen LogP contribution in [0.2, 0.25) is 0 Å². The Kier molecular flexibility index (Phi) is 7.47. The summed E-state index contributed by atoms with van der Waals surface area (Å²) in [6.07, 6.45) is 1.65. The van der Waals surface area contributed by atoms with Gasteiger partial charge in [-0.25, -0.2) is 5.43 Å². The second kappa shape index (κ2) is 11.3. The van der Waals surface area contributed by atoms with Crippen LogP contribution in [-0.2, 0) is 0 Å². The van der Waals surface area contributed by atoms with E-state index in [1.54, 1.807) is 13.3 Å². The lowest BCUT2D eigenvalue weighted by atomic mass is 10.2. The molecule has 0 aliphatic rings. The molecule has 0 saturated carbocycles. The Labute approximate surface area is 197 Å². The molecule has 3 aromatic carbocycles. The average molecular weight is 456 g/mol. The molecule has 4 rings (SSSR count). The zero-order valence-corrected chi connectivity index (χ0v) is 18.9. The summed E-state index contributed by atoms with van der Waals surface area (Å²) in [4.78, 5) is 13.3. The normalized spacial score (nSPS) is 10.6. The maximum Gasteiger partial charge on any atom is 0.250 e. The van der Waals surface area contributed by atoms with Crippen LogP contribution in [0.25, 0.3) is 0 Å². The molecular weight excluding hydrogens is 430 g/mol. The first-order valence-corrected chi connectivity index (χ1v) is 10.7. The Hall–Kier alpha value is -4.66. The van der Waals surface area contributed by atoms with Gasteiger partial charge in [-0.3, -0.25) is 0 Å². The highest BCUT2D eigenvalue weighted by atomic mass is 16.5. The minimum absolute atomic E-state index is 0.279. The number of anilines is 5. The summed E-state index contributed by atoms with van der Waals surface area (Å²) >= 11 is 0. The molecule has 9 nitrogen and oxygen atoms in total. The molecule has 1 heterocycles. The summed E-state index contributed by atoms with van der Waals surface area (Å²) in [5.74, 6) is 2.34. The minimum Gasteiger partial charge on any atom is -0.493 e. The lowest BCUT2D eigenvalue weighted by Crippen LogP contribution is -2.07. The number of rotatable bonds is 10. The van der Waals surface area contributed by atoms with Gasteiger partial charge in [-0.15, -0.1) is 0 Å². The zero-order valence-electron chi connectivity index (χ0n) is 18.9. The van der Waals surface area contributed by atoms with Gasteiger partial charge in [-0.2, -0.15) is 20.1 Å². The molecule has 0 bridgehead atoms. The first kappa shape index (κ1) is 22.5. The van der Waals surface area contributed by atoms with Crippen molar-refractivity contribution in [2.75, 3.05) is 29.8 Å². The number of hydrazone groups is 1. The van der Waals surface area contributed by atoms with E-state index in [0.29, 0.717) is 30.0 Å². The number of aromatic nitrogens is 3. The van der Waals surface area contributed by atoms with Crippen LogP contribution >= 0.6 is 0 Å². The Morgan fingerprint density at radius 3 is 1.91 bits per heavy atom. The van der Waals surface area contributed by atoms with E-state index >= 15 is 0 Å². The van der Waals surface area contributed by atoms with E-state index in [0.717, 1.165) is 16.9 Å². The number of hydrogen-bond acceptors (Lipinski definition) is 9. The fourth-order valence-corrected chi connectivity index (χ4v) is 3.04. The van der Waals surface area contributed by atoms with Crippen molar-refractivity contribution in [3.05, 3.63) is 84.4 Å². The smallest absolute Gasteiger partial charge is 0.250 e. The van der Waals surface area contributed by atoms with Gasteiger partial charge in [0.05, 0.1) is 19.9 Å². The van der Waals surface area contributed by atoms with Crippen molar-refractivity contribution >= 4 is 35.4 Å². The molecule has 0 atom stereocenters. The monoisotopic (exact) mass is 455 g/mol. The molecule has 0 amide bonds. The van der Waals surface area contributed by atoms with E-state index in [4.69, 9.17) is 9.47 Å². The van der Waals surface area contributed by atoms with E-state index in [9.17, 15) is 0 Å². The highest BCUT2D eigenvalue weighted by Gasteiger charge is 2.08. The van der Waals surface area contributed by atoms with Crippen molar-refractivity contribution in [1.29, 1.82) is 0 Å². The number of para-hydroxylation sites is 2. The first-order valence-electron chi connectivity index (χ1n) is 10.7. The standard InChI is InChI=1S/C25H25N7O2/c1-3-34-21-15-14-18(16-22(21)33-2)17-26-32-25-30-23(27-19-10-6-4-7-11-19)29-24(31-25)28-20-12-8-5-9-13-20/h4-17H,3H2,1-2H3,(H3,27,28,29,30,31,32). The molecule has 0 aliphatic carbocycles. The third-order valence-electron chi connectivity index (χ3n) is 4.56. The Morgan fingerprint density at radius 2 is 1.35 bits per heavy atom. The number of methoxy groups -OCH3 is 1. The molecule has 0 saturated heterocycles. The topological polar surface area (TPSA) is 106 Å². The molecular formula is C25H25N7O2. The quantitative estimate of drug-likeness (QED) is 0.221. The number of benzene rings is 3. The molecule has 172 valence electrons. The van der Waals surface area contributed by atoms with Gasteiger partial charge in [0.1, 0.15) is 0 Å². The van der Waals surface area contributed by atoms with E-state index in [1.165, 1.54) is 0 Å². The summed E-state index contributed by atoms with van der Waals surface area (Å²) in [6.45, 7) is 2.48. The van der Waals surface area contributed by atoms with Gasteiger partial charge < -0.3 is 20.1 Å². The number of hydrogen-bond donors (Lipinski definition) is 3. The highest BCUT2D eigenvalue weighted by Crippen LogP contribution is 2.27. The van der Waals surface area contributed by atoms with Crippen molar-refractivity contribution in [3.8, 4) is 11.5 Å². The summed E-state index contributed by atoms with van der Waals surface area (Å²) in [5.41, 5.74) is 5.42. The Bertz CT molecular complexity index is 1170. The fraction of sp³-hybridized carbons (Fsp3) is 0.120.